The average molecular weight is 351 g/mol. The van der Waals surface area contributed by atoms with Gasteiger partial charge in [-0.2, -0.15) is 0 Å². The number of para-hydroxylation sites is 1. The molecule has 1 aliphatic heterocycles. The Labute approximate surface area is 154 Å². The van der Waals surface area contributed by atoms with Crippen molar-refractivity contribution in [2.45, 2.75) is 38.3 Å². The molecule has 0 aliphatic carbocycles. The first-order chi connectivity index (χ1) is 12.4. The van der Waals surface area contributed by atoms with Gasteiger partial charge in [-0.05, 0) is 50.1 Å². The van der Waals surface area contributed by atoms with Crippen LogP contribution in [0.4, 0.5) is 0 Å². The number of fused-ring (bicyclic) bond motifs is 1. The SMILES string of the molecule is C=CCc1cc(C(=O)N[C@@H]2CC(C)(C)Oc3ccccc32)ccc1OC. The summed E-state index contributed by atoms with van der Waals surface area (Å²) in [6.07, 6.45) is 3.17. The molecule has 4 heteroatoms. The van der Waals surface area contributed by atoms with Crippen LogP contribution in [0.2, 0.25) is 0 Å². The van der Waals surface area contributed by atoms with Crippen LogP contribution in [0.5, 0.6) is 11.5 Å². The minimum Gasteiger partial charge on any atom is -0.496 e. The Hall–Kier alpha value is -2.75. The molecule has 0 bridgehead atoms. The number of ether oxygens (including phenoxy) is 2. The van der Waals surface area contributed by atoms with E-state index in [0.717, 1.165) is 22.6 Å². The van der Waals surface area contributed by atoms with Crippen molar-refractivity contribution in [2.75, 3.05) is 7.11 Å². The topological polar surface area (TPSA) is 47.6 Å². The zero-order chi connectivity index (χ0) is 18.7. The van der Waals surface area contributed by atoms with E-state index in [0.29, 0.717) is 18.4 Å². The van der Waals surface area contributed by atoms with Gasteiger partial charge in [0.2, 0.25) is 0 Å². The number of benzene rings is 2. The third kappa shape index (κ3) is 3.74. The summed E-state index contributed by atoms with van der Waals surface area (Å²) in [6.45, 7) is 7.85. The second kappa shape index (κ2) is 7.24. The van der Waals surface area contributed by atoms with Crippen molar-refractivity contribution in [1.29, 1.82) is 0 Å². The lowest BCUT2D eigenvalue weighted by atomic mass is 9.89. The summed E-state index contributed by atoms with van der Waals surface area (Å²) < 4.78 is 11.4. The van der Waals surface area contributed by atoms with Crippen LogP contribution in [-0.2, 0) is 6.42 Å². The summed E-state index contributed by atoms with van der Waals surface area (Å²) in [6, 6.07) is 13.3. The zero-order valence-corrected chi connectivity index (χ0v) is 15.5. The Morgan fingerprint density at radius 2 is 2.12 bits per heavy atom. The van der Waals surface area contributed by atoms with E-state index in [4.69, 9.17) is 9.47 Å². The maximum absolute atomic E-state index is 12.9. The Morgan fingerprint density at radius 1 is 1.35 bits per heavy atom. The minimum atomic E-state index is -0.333. The van der Waals surface area contributed by atoms with Crippen molar-refractivity contribution in [3.05, 3.63) is 71.8 Å². The van der Waals surface area contributed by atoms with Crippen LogP contribution >= 0.6 is 0 Å². The molecule has 1 N–H and O–H groups in total. The number of hydrogen-bond donors (Lipinski definition) is 1. The number of carbonyl (C=O) groups is 1. The van der Waals surface area contributed by atoms with Gasteiger partial charge in [0.15, 0.2) is 0 Å². The van der Waals surface area contributed by atoms with E-state index < -0.39 is 0 Å². The summed E-state index contributed by atoms with van der Waals surface area (Å²) >= 11 is 0. The molecule has 1 amide bonds. The molecule has 1 atom stereocenters. The van der Waals surface area contributed by atoms with E-state index >= 15 is 0 Å². The molecule has 0 saturated carbocycles. The van der Waals surface area contributed by atoms with Gasteiger partial charge < -0.3 is 14.8 Å². The Bertz CT molecular complexity index is 826. The number of nitrogens with one attached hydrogen (secondary N) is 1. The van der Waals surface area contributed by atoms with Gasteiger partial charge in [-0.1, -0.05) is 24.3 Å². The monoisotopic (exact) mass is 351 g/mol. The van der Waals surface area contributed by atoms with Crippen LogP contribution in [-0.4, -0.2) is 18.6 Å². The quantitative estimate of drug-likeness (QED) is 0.809. The number of carbonyl (C=O) groups excluding carboxylic acids is 1. The van der Waals surface area contributed by atoms with Crippen molar-refractivity contribution in [3.8, 4) is 11.5 Å². The summed E-state index contributed by atoms with van der Waals surface area (Å²) in [5, 5.41) is 3.17. The maximum atomic E-state index is 12.9. The molecule has 2 aromatic carbocycles. The van der Waals surface area contributed by atoms with Gasteiger partial charge >= 0.3 is 0 Å². The molecule has 0 saturated heterocycles. The summed E-state index contributed by atoms with van der Waals surface area (Å²) in [7, 11) is 1.63. The molecule has 3 rings (SSSR count). The van der Waals surface area contributed by atoms with Crippen LogP contribution in [0.15, 0.2) is 55.1 Å². The van der Waals surface area contributed by atoms with Gasteiger partial charge in [-0.25, -0.2) is 0 Å². The standard InChI is InChI=1S/C22H25NO3/c1-5-8-15-13-16(11-12-19(15)25-4)21(24)23-18-14-22(2,3)26-20-10-7-6-9-17(18)20/h5-7,9-13,18H,1,8,14H2,2-4H3,(H,23,24)/t18-/m1/s1. The number of amides is 1. The molecule has 1 aliphatic rings. The van der Waals surface area contributed by atoms with Crippen molar-refractivity contribution in [1.82, 2.24) is 5.32 Å². The highest BCUT2D eigenvalue weighted by Gasteiger charge is 2.34. The van der Waals surface area contributed by atoms with E-state index in [2.05, 4.69) is 11.9 Å². The molecule has 4 nitrogen and oxygen atoms in total. The molecule has 0 spiro atoms. The number of allylic oxidation sites excluding steroid dienone is 1. The largest absolute Gasteiger partial charge is 0.496 e. The highest BCUT2D eigenvalue weighted by molar-refractivity contribution is 5.95. The normalized spacial score (nSPS) is 17.6. The molecular formula is C22H25NO3. The third-order valence-corrected chi connectivity index (χ3v) is 4.59. The molecule has 0 aromatic heterocycles. The van der Waals surface area contributed by atoms with E-state index in [1.165, 1.54) is 0 Å². The van der Waals surface area contributed by atoms with Crippen molar-refractivity contribution < 1.29 is 14.3 Å². The molecular weight excluding hydrogens is 326 g/mol. The molecule has 1 heterocycles. The predicted molar refractivity (Wildman–Crippen MR) is 103 cm³/mol. The van der Waals surface area contributed by atoms with Gasteiger partial charge in [0, 0.05) is 17.5 Å². The molecule has 0 fully saturated rings. The highest BCUT2D eigenvalue weighted by Crippen LogP contribution is 2.39. The number of rotatable bonds is 5. The predicted octanol–water partition coefficient (Wildman–Crippen LogP) is 4.46. The van der Waals surface area contributed by atoms with E-state index in [-0.39, 0.29) is 17.6 Å². The Balaban J connectivity index is 1.86. The first-order valence-electron chi connectivity index (χ1n) is 8.80. The van der Waals surface area contributed by atoms with Crippen molar-refractivity contribution >= 4 is 5.91 Å². The second-order valence-electron chi connectivity index (χ2n) is 7.15. The lowest BCUT2D eigenvalue weighted by Gasteiger charge is -2.37. The Kier molecular flexibility index (Phi) is 5.03. The van der Waals surface area contributed by atoms with E-state index in [1.54, 1.807) is 19.3 Å². The van der Waals surface area contributed by atoms with Crippen molar-refractivity contribution in [3.63, 3.8) is 0 Å². The summed E-state index contributed by atoms with van der Waals surface area (Å²) in [5.41, 5.74) is 2.24. The van der Waals surface area contributed by atoms with Gasteiger partial charge in [0.25, 0.3) is 5.91 Å². The molecule has 0 radical (unpaired) electrons. The van der Waals surface area contributed by atoms with Crippen molar-refractivity contribution in [2.24, 2.45) is 0 Å². The average Bonchev–Trinajstić information content (AvgIpc) is 2.61. The lowest BCUT2D eigenvalue weighted by Crippen LogP contribution is -2.41. The fourth-order valence-corrected chi connectivity index (χ4v) is 3.41. The fraction of sp³-hybridized carbons (Fsp3) is 0.318. The lowest BCUT2D eigenvalue weighted by molar-refractivity contribution is 0.0619. The first kappa shape index (κ1) is 18.1. The molecule has 0 unspecified atom stereocenters. The van der Waals surface area contributed by atoms with Gasteiger partial charge in [0.1, 0.15) is 17.1 Å². The molecule has 136 valence electrons. The number of hydrogen-bond acceptors (Lipinski definition) is 3. The highest BCUT2D eigenvalue weighted by atomic mass is 16.5. The van der Waals surface area contributed by atoms with Crippen LogP contribution in [0.3, 0.4) is 0 Å². The Morgan fingerprint density at radius 3 is 2.85 bits per heavy atom. The van der Waals surface area contributed by atoms with Crippen LogP contribution < -0.4 is 14.8 Å². The number of methoxy groups -OCH3 is 1. The molecule has 26 heavy (non-hydrogen) atoms. The van der Waals surface area contributed by atoms with E-state index in [9.17, 15) is 4.79 Å². The van der Waals surface area contributed by atoms with Gasteiger partial charge in [0.05, 0.1) is 13.2 Å². The smallest absolute Gasteiger partial charge is 0.251 e. The fourth-order valence-electron chi connectivity index (χ4n) is 3.41. The summed E-state index contributed by atoms with van der Waals surface area (Å²) in [4.78, 5) is 12.9. The first-order valence-corrected chi connectivity index (χ1v) is 8.80. The third-order valence-electron chi connectivity index (χ3n) is 4.59. The van der Waals surface area contributed by atoms with Crippen LogP contribution in [0.1, 0.15) is 47.8 Å². The van der Waals surface area contributed by atoms with E-state index in [1.807, 2.05) is 50.2 Å². The molecule has 2 aromatic rings. The summed E-state index contributed by atoms with van der Waals surface area (Å²) in [5.74, 6) is 1.49. The van der Waals surface area contributed by atoms with Crippen LogP contribution in [0.25, 0.3) is 0 Å². The van der Waals surface area contributed by atoms with Crippen LogP contribution in [0, 0.1) is 0 Å². The maximum Gasteiger partial charge on any atom is 0.251 e. The minimum absolute atomic E-state index is 0.0904. The van der Waals surface area contributed by atoms with Gasteiger partial charge in [-0.3, -0.25) is 4.79 Å². The second-order valence-corrected chi connectivity index (χ2v) is 7.15. The van der Waals surface area contributed by atoms with Gasteiger partial charge in [-0.15, -0.1) is 6.58 Å². The zero-order valence-electron chi connectivity index (χ0n) is 15.5.